The number of carbonyl (C=O) groups is 2. The van der Waals surface area contributed by atoms with Crippen molar-refractivity contribution in [2.75, 3.05) is 6.61 Å². The fourth-order valence-corrected chi connectivity index (χ4v) is 10.9. The van der Waals surface area contributed by atoms with Crippen molar-refractivity contribution >= 4 is 11.9 Å². The van der Waals surface area contributed by atoms with Crippen LogP contribution in [0.2, 0.25) is 0 Å². The first-order valence-corrected chi connectivity index (χ1v) is 14.3. The second-order valence-corrected chi connectivity index (χ2v) is 15.0. The Morgan fingerprint density at radius 3 is 2.13 bits per heavy atom. The van der Waals surface area contributed by atoms with Crippen molar-refractivity contribution in [3.05, 3.63) is 11.6 Å². The SMILES string of the molecule is CC1(C)CC[C@]2(C(=O)O)[C@@H](O)C[C@]3(C)C(=CC[C@@H]4[C@@]5(C)C[C@H](O)[C@H](O)[C@](CO)(C(=O)O)[C@@H]5CC[C@]43C)[C@@H]2C1. The number of carboxylic acid groups (broad SMARTS) is 2. The first kappa shape index (κ1) is 28.1. The number of aliphatic hydroxyl groups excluding tert-OH is 4. The number of hydrogen-bond acceptors (Lipinski definition) is 6. The average molecular weight is 535 g/mol. The van der Waals surface area contributed by atoms with Crippen LogP contribution in [-0.4, -0.2) is 67.5 Å². The van der Waals surface area contributed by atoms with Gasteiger partial charge in [0.05, 0.1) is 24.9 Å². The van der Waals surface area contributed by atoms with Crippen LogP contribution in [0.25, 0.3) is 0 Å². The van der Waals surface area contributed by atoms with Crippen LogP contribution in [0.15, 0.2) is 11.6 Å². The zero-order chi connectivity index (χ0) is 28.3. The Morgan fingerprint density at radius 1 is 0.895 bits per heavy atom. The van der Waals surface area contributed by atoms with Gasteiger partial charge in [0.1, 0.15) is 10.8 Å². The standard InChI is InChI=1S/C30H46O8/c1-25(2)10-11-29(23(35)36)17(12-25)16-6-7-19-26(3)13-18(32)22(34)30(15-31,24(37)38)20(26)8-9-27(19,4)28(16,5)14-21(29)33/h6,17-22,31-34H,7-15H2,1-5H3,(H,35,36)(H,37,38)/t17-,18-,19+,20+,21-,22-,26+,27+,28+,29+,30+/m0/s1. The predicted molar refractivity (Wildman–Crippen MR) is 139 cm³/mol. The average Bonchev–Trinajstić information content (AvgIpc) is 2.80. The van der Waals surface area contributed by atoms with Crippen LogP contribution in [0.4, 0.5) is 0 Å². The highest BCUT2D eigenvalue weighted by atomic mass is 16.4. The Bertz CT molecular complexity index is 1070. The van der Waals surface area contributed by atoms with E-state index in [1.807, 2.05) is 6.92 Å². The number of aliphatic carboxylic acids is 2. The van der Waals surface area contributed by atoms with Crippen molar-refractivity contribution in [2.45, 2.75) is 104 Å². The molecule has 6 N–H and O–H groups in total. The molecule has 0 aromatic heterocycles. The summed E-state index contributed by atoms with van der Waals surface area (Å²) in [5.41, 5.74) is -3.56. The minimum absolute atomic E-state index is 0.0460. The molecule has 0 radical (unpaired) electrons. The van der Waals surface area contributed by atoms with Gasteiger partial charge in [-0.25, -0.2) is 0 Å². The Hall–Kier alpha value is -1.48. The molecule has 0 saturated heterocycles. The number of rotatable bonds is 3. The normalized spacial score (nSPS) is 53.4. The second-order valence-electron chi connectivity index (χ2n) is 15.0. The summed E-state index contributed by atoms with van der Waals surface area (Å²) in [6.45, 7) is 9.97. The maximum Gasteiger partial charge on any atom is 0.315 e. The van der Waals surface area contributed by atoms with E-state index in [0.717, 1.165) is 12.0 Å². The summed E-state index contributed by atoms with van der Waals surface area (Å²) >= 11 is 0. The number of fused-ring (bicyclic) bond motifs is 7. The first-order valence-electron chi connectivity index (χ1n) is 14.3. The van der Waals surface area contributed by atoms with Crippen molar-refractivity contribution < 1.29 is 40.2 Å². The topological polar surface area (TPSA) is 156 Å². The molecular weight excluding hydrogens is 488 g/mol. The minimum atomic E-state index is -1.85. The van der Waals surface area contributed by atoms with Gasteiger partial charge in [0, 0.05) is 0 Å². The molecule has 0 heterocycles. The molecule has 8 nitrogen and oxygen atoms in total. The minimum Gasteiger partial charge on any atom is -0.481 e. The quantitative estimate of drug-likeness (QED) is 0.302. The molecule has 38 heavy (non-hydrogen) atoms. The van der Waals surface area contributed by atoms with E-state index in [1.54, 1.807) is 0 Å². The predicted octanol–water partition coefficient (Wildman–Crippen LogP) is 3.21. The lowest BCUT2D eigenvalue weighted by molar-refractivity contribution is -0.254. The third-order valence-corrected chi connectivity index (χ3v) is 13.2. The van der Waals surface area contributed by atoms with Crippen LogP contribution in [0.5, 0.6) is 0 Å². The summed E-state index contributed by atoms with van der Waals surface area (Å²) in [6.07, 6.45) is 2.48. The van der Waals surface area contributed by atoms with E-state index in [2.05, 4.69) is 33.8 Å². The van der Waals surface area contributed by atoms with Gasteiger partial charge < -0.3 is 30.6 Å². The molecule has 0 amide bonds. The van der Waals surface area contributed by atoms with E-state index < -0.39 is 69.9 Å². The summed E-state index contributed by atoms with van der Waals surface area (Å²) in [4.78, 5) is 25.4. The van der Waals surface area contributed by atoms with Gasteiger partial charge in [-0.3, -0.25) is 9.59 Å². The largest absolute Gasteiger partial charge is 0.481 e. The van der Waals surface area contributed by atoms with E-state index in [1.165, 1.54) is 0 Å². The lowest BCUT2D eigenvalue weighted by atomic mass is 9.33. The Balaban J connectivity index is 1.65. The molecule has 0 aliphatic heterocycles. The molecule has 11 atom stereocenters. The van der Waals surface area contributed by atoms with Gasteiger partial charge in [-0.2, -0.15) is 0 Å². The third kappa shape index (κ3) is 3.12. The van der Waals surface area contributed by atoms with Gasteiger partial charge in [0.25, 0.3) is 0 Å². The van der Waals surface area contributed by atoms with Crippen molar-refractivity contribution in [3.8, 4) is 0 Å². The number of carboxylic acids is 2. The van der Waals surface area contributed by atoms with Crippen molar-refractivity contribution in [1.82, 2.24) is 0 Å². The van der Waals surface area contributed by atoms with E-state index in [0.29, 0.717) is 38.5 Å². The summed E-state index contributed by atoms with van der Waals surface area (Å²) in [5.74, 6) is -3.10. The number of hydrogen-bond donors (Lipinski definition) is 6. The summed E-state index contributed by atoms with van der Waals surface area (Å²) in [5, 5.41) is 64.8. The van der Waals surface area contributed by atoms with Gasteiger partial charge in [-0.15, -0.1) is 0 Å². The van der Waals surface area contributed by atoms with E-state index in [4.69, 9.17) is 0 Å². The molecule has 8 heteroatoms. The Morgan fingerprint density at radius 2 is 1.55 bits per heavy atom. The zero-order valence-corrected chi connectivity index (χ0v) is 23.4. The third-order valence-electron chi connectivity index (χ3n) is 13.2. The molecule has 5 aliphatic rings. The molecule has 0 aromatic carbocycles. The van der Waals surface area contributed by atoms with Crippen LogP contribution < -0.4 is 0 Å². The fourth-order valence-electron chi connectivity index (χ4n) is 10.9. The molecular formula is C30H46O8. The molecule has 0 aromatic rings. The maximum atomic E-state index is 12.8. The number of aliphatic hydroxyl groups is 4. The molecule has 5 rings (SSSR count). The van der Waals surface area contributed by atoms with Crippen LogP contribution in [0, 0.1) is 50.2 Å². The molecule has 0 bridgehead atoms. The molecule has 5 aliphatic carbocycles. The maximum absolute atomic E-state index is 12.8. The van der Waals surface area contributed by atoms with Gasteiger partial charge in [-0.1, -0.05) is 46.3 Å². The van der Waals surface area contributed by atoms with E-state index >= 15 is 0 Å². The lowest BCUT2D eigenvalue weighted by Gasteiger charge is -2.71. The highest BCUT2D eigenvalue weighted by Crippen LogP contribution is 2.75. The zero-order valence-electron chi connectivity index (χ0n) is 23.4. The van der Waals surface area contributed by atoms with Crippen molar-refractivity contribution in [3.63, 3.8) is 0 Å². The molecule has 214 valence electrons. The first-order chi connectivity index (χ1) is 17.5. The highest BCUT2D eigenvalue weighted by Gasteiger charge is 2.73. The second kappa shape index (κ2) is 8.27. The van der Waals surface area contributed by atoms with Gasteiger partial charge in [0.15, 0.2) is 0 Å². The van der Waals surface area contributed by atoms with Gasteiger partial charge >= 0.3 is 11.9 Å². The van der Waals surface area contributed by atoms with Crippen LogP contribution >= 0.6 is 0 Å². The summed E-state index contributed by atoms with van der Waals surface area (Å²) in [6, 6.07) is 0. The van der Waals surface area contributed by atoms with Gasteiger partial charge in [-0.05, 0) is 90.8 Å². The fraction of sp³-hybridized carbons (Fsp3) is 0.867. The van der Waals surface area contributed by atoms with Crippen molar-refractivity contribution in [2.24, 2.45) is 50.2 Å². The highest BCUT2D eigenvalue weighted by molar-refractivity contribution is 5.78. The molecule has 4 saturated carbocycles. The number of allylic oxidation sites excluding steroid dienone is 2. The van der Waals surface area contributed by atoms with E-state index in [9.17, 15) is 40.2 Å². The lowest BCUT2D eigenvalue weighted by Crippen LogP contribution is -2.71. The van der Waals surface area contributed by atoms with Crippen molar-refractivity contribution in [1.29, 1.82) is 0 Å². The summed E-state index contributed by atoms with van der Waals surface area (Å²) in [7, 11) is 0. The molecule has 4 fully saturated rings. The molecule has 0 unspecified atom stereocenters. The van der Waals surface area contributed by atoms with Crippen LogP contribution in [0.3, 0.4) is 0 Å². The Labute approximate surface area is 225 Å². The van der Waals surface area contributed by atoms with Gasteiger partial charge in [0.2, 0.25) is 0 Å². The van der Waals surface area contributed by atoms with Crippen LogP contribution in [0.1, 0.15) is 86.0 Å². The van der Waals surface area contributed by atoms with Crippen LogP contribution in [-0.2, 0) is 9.59 Å². The molecule has 0 spiro atoms. The smallest absolute Gasteiger partial charge is 0.315 e. The summed E-state index contributed by atoms with van der Waals surface area (Å²) < 4.78 is 0. The Kier molecular flexibility index (Phi) is 6.11. The monoisotopic (exact) mass is 534 g/mol. The van der Waals surface area contributed by atoms with E-state index in [-0.39, 0.29) is 23.7 Å².